The highest BCUT2D eigenvalue weighted by atomic mass is 16.3. The summed E-state index contributed by atoms with van der Waals surface area (Å²) in [6.07, 6.45) is 0. The van der Waals surface area contributed by atoms with E-state index in [1.807, 2.05) is 48.5 Å². The lowest BCUT2D eigenvalue weighted by Gasteiger charge is -2.10. The molecule has 3 nitrogen and oxygen atoms in total. The van der Waals surface area contributed by atoms with Crippen molar-refractivity contribution < 1.29 is 8.98 Å². The fourth-order valence-electron chi connectivity index (χ4n) is 5.22. The van der Waals surface area contributed by atoms with Crippen LogP contribution in [0.4, 0.5) is 5.69 Å². The third-order valence-corrected chi connectivity index (χ3v) is 7.18. The zero-order valence-electron chi connectivity index (χ0n) is 20.5. The molecule has 0 atom stereocenters. The molecule has 2 heterocycles. The van der Waals surface area contributed by atoms with Gasteiger partial charge in [-0.05, 0) is 29.7 Å². The van der Waals surface area contributed by atoms with Crippen LogP contribution < -0.4 is 4.57 Å². The van der Waals surface area contributed by atoms with E-state index in [4.69, 9.17) is 11.0 Å². The summed E-state index contributed by atoms with van der Waals surface area (Å²) in [7, 11) is 2.12. The Morgan fingerprint density at radius 1 is 0.667 bits per heavy atom. The lowest BCUT2D eigenvalue weighted by molar-refractivity contribution is -0.666. The van der Waals surface area contributed by atoms with Crippen molar-refractivity contribution >= 4 is 27.6 Å². The summed E-state index contributed by atoms with van der Waals surface area (Å²) in [5.74, 6) is 0. The van der Waals surface area contributed by atoms with Crippen LogP contribution in [-0.4, -0.2) is 0 Å². The minimum absolute atomic E-state index is 0.597. The molecule has 0 unspecified atom stereocenters. The second-order valence-electron chi connectivity index (χ2n) is 9.19. The number of aromatic nitrogens is 1. The summed E-state index contributed by atoms with van der Waals surface area (Å²) in [4.78, 5) is 3.82. The van der Waals surface area contributed by atoms with E-state index < -0.39 is 0 Å². The van der Waals surface area contributed by atoms with Gasteiger partial charge in [0.25, 0.3) is 0 Å². The van der Waals surface area contributed by atoms with Gasteiger partial charge in [-0.15, -0.1) is 0 Å². The molecule has 0 amide bonds. The van der Waals surface area contributed by atoms with Crippen molar-refractivity contribution in [3.8, 4) is 33.5 Å². The Kier molecular flexibility index (Phi) is 5.16. The molecule has 0 aliphatic heterocycles. The summed E-state index contributed by atoms with van der Waals surface area (Å²) in [6, 6.07) is 33.2. The zero-order valence-corrected chi connectivity index (χ0v) is 20.5. The average Bonchev–Trinajstić information content (AvgIpc) is 3.29. The Labute approximate surface area is 210 Å². The molecular formula is C33H25N2O+. The minimum Gasteiger partial charge on any atom is -0.456 e. The van der Waals surface area contributed by atoms with Crippen molar-refractivity contribution in [3.63, 3.8) is 0 Å². The van der Waals surface area contributed by atoms with E-state index >= 15 is 0 Å². The van der Waals surface area contributed by atoms with Crippen LogP contribution in [0.25, 0.3) is 60.3 Å². The van der Waals surface area contributed by atoms with E-state index in [2.05, 4.69) is 78.8 Å². The van der Waals surface area contributed by atoms with Gasteiger partial charge < -0.3 is 4.42 Å². The Hall–Kier alpha value is -4.68. The van der Waals surface area contributed by atoms with E-state index in [1.54, 1.807) is 0 Å². The Morgan fingerprint density at radius 2 is 1.28 bits per heavy atom. The molecule has 0 fully saturated rings. The molecule has 0 aliphatic carbocycles. The minimum atomic E-state index is 0.597. The first-order valence-corrected chi connectivity index (χ1v) is 12.1. The predicted octanol–water partition coefficient (Wildman–Crippen LogP) is 8.58. The molecule has 2 aromatic heterocycles. The lowest BCUT2D eigenvalue weighted by Crippen LogP contribution is -2.35. The number of aryl methyl sites for hydroxylation is 1. The lowest BCUT2D eigenvalue weighted by atomic mass is 9.97. The van der Waals surface area contributed by atoms with Gasteiger partial charge in [0.05, 0.1) is 12.1 Å². The number of nitrogens with zero attached hydrogens (tertiary/aromatic N) is 2. The number of furan rings is 1. The first kappa shape index (κ1) is 21.8. The van der Waals surface area contributed by atoms with Crippen molar-refractivity contribution in [2.45, 2.75) is 13.8 Å². The van der Waals surface area contributed by atoms with E-state index in [-0.39, 0.29) is 0 Å². The molecular weight excluding hydrogens is 440 g/mol. The summed E-state index contributed by atoms with van der Waals surface area (Å²) in [6.45, 7) is 12.1. The highest BCUT2D eigenvalue weighted by molar-refractivity contribution is 6.15. The number of benzene rings is 4. The molecule has 0 aliphatic rings. The molecule has 0 saturated carbocycles. The molecule has 36 heavy (non-hydrogen) atoms. The maximum absolute atomic E-state index is 7.78. The average molecular weight is 466 g/mol. The van der Waals surface area contributed by atoms with Crippen molar-refractivity contribution in [3.05, 3.63) is 120 Å². The smallest absolute Gasteiger partial charge is 0.216 e. The maximum Gasteiger partial charge on any atom is 0.216 e. The number of hydrogen-bond acceptors (Lipinski definition) is 1. The Balaban J connectivity index is 1.65. The van der Waals surface area contributed by atoms with Gasteiger partial charge >= 0.3 is 0 Å². The second-order valence-corrected chi connectivity index (χ2v) is 9.19. The van der Waals surface area contributed by atoms with Gasteiger partial charge in [-0.1, -0.05) is 84.9 Å². The van der Waals surface area contributed by atoms with Gasteiger partial charge in [0.1, 0.15) is 18.2 Å². The van der Waals surface area contributed by atoms with Gasteiger partial charge in [-0.3, -0.25) is 0 Å². The molecule has 0 spiro atoms. The van der Waals surface area contributed by atoms with Crippen LogP contribution in [0.15, 0.2) is 101 Å². The van der Waals surface area contributed by atoms with Gasteiger partial charge in [0.15, 0.2) is 11.4 Å². The van der Waals surface area contributed by atoms with Crippen molar-refractivity contribution in [1.82, 2.24) is 0 Å². The third-order valence-electron chi connectivity index (χ3n) is 7.18. The molecule has 6 rings (SSSR count). The number of fused-ring (bicyclic) bond motifs is 3. The number of rotatable bonds is 3. The van der Waals surface area contributed by atoms with E-state index in [9.17, 15) is 0 Å². The molecule has 0 N–H and O–H groups in total. The monoisotopic (exact) mass is 465 g/mol. The third kappa shape index (κ3) is 3.31. The van der Waals surface area contributed by atoms with Crippen LogP contribution in [0.1, 0.15) is 11.3 Å². The van der Waals surface area contributed by atoms with Gasteiger partial charge in [0, 0.05) is 34.9 Å². The van der Waals surface area contributed by atoms with E-state index in [0.29, 0.717) is 5.69 Å². The van der Waals surface area contributed by atoms with E-state index in [0.717, 1.165) is 49.9 Å². The highest BCUT2D eigenvalue weighted by Gasteiger charge is 2.25. The largest absolute Gasteiger partial charge is 0.456 e. The van der Waals surface area contributed by atoms with Crippen molar-refractivity contribution in [2.24, 2.45) is 7.05 Å². The first-order chi connectivity index (χ1) is 17.6. The van der Waals surface area contributed by atoms with Crippen LogP contribution in [0.2, 0.25) is 0 Å². The van der Waals surface area contributed by atoms with Crippen LogP contribution in [0, 0.1) is 20.4 Å². The maximum atomic E-state index is 7.78. The van der Waals surface area contributed by atoms with Crippen molar-refractivity contribution in [1.29, 1.82) is 0 Å². The van der Waals surface area contributed by atoms with Gasteiger partial charge in [0.2, 0.25) is 5.69 Å². The summed E-state index contributed by atoms with van der Waals surface area (Å²) in [5.41, 5.74) is 11.0. The second kappa shape index (κ2) is 8.52. The van der Waals surface area contributed by atoms with E-state index in [1.165, 1.54) is 16.8 Å². The van der Waals surface area contributed by atoms with Crippen LogP contribution in [0.5, 0.6) is 0 Å². The van der Waals surface area contributed by atoms with Gasteiger partial charge in [-0.2, -0.15) is 4.57 Å². The summed E-state index contributed by atoms with van der Waals surface area (Å²) in [5, 5.41) is 2.09. The standard InChI is InChI=1S/C33H25N2O/c1-21-15-16-26-27-17-19-28(34-3)31(24-13-9-6-10-14-24)33(27)36-32(26)30(21)29-20-18-25(22(2)35(29)4)23-11-7-5-8-12-23/h5-20H,1-2,4H3/q+1. The molecule has 0 saturated heterocycles. The molecule has 0 radical (unpaired) electrons. The Bertz CT molecular complexity index is 1810. The quantitative estimate of drug-likeness (QED) is 0.189. The normalized spacial score (nSPS) is 11.2. The summed E-state index contributed by atoms with van der Waals surface area (Å²) >= 11 is 0. The fourth-order valence-corrected chi connectivity index (χ4v) is 5.22. The molecule has 6 aromatic rings. The SMILES string of the molecule is [C-]#[N+]c1ccc2c(oc3c(-c4ccc(-c5ccccc5)c(C)[n+]4C)c(C)ccc32)c1-c1ccccc1. The highest BCUT2D eigenvalue weighted by Crippen LogP contribution is 2.44. The predicted molar refractivity (Wildman–Crippen MR) is 147 cm³/mol. The number of hydrogen-bond donors (Lipinski definition) is 0. The van der Waals surface area contributed by atoms with Crippen LogP contribution in [-0.2, 0) is 7.05 Å². The summed E-state index contributed by atoms with van der Waals surface area (Å²) < 4.78 is 8.95. The first-order valence-electron chi connectivity index (χ1n) is 12.1. The van der Waals surface area contributed by atoms with Crippen LogP contribution >= 0.6 is 0 Å². The van der Waals surface area contributed by atoms with Crippen LogP contribution in [0.3, 0.4) is 0 Å². The van der Waals surface area contributed by atoms with Crippen molar-refractivity contribution in [2.75, 3.05) is 0 Å². The Morgan fingerprint density at radius 3 is 1.94 bits per heavy atom. The molecule has 3 heteroatoms. The topological polar surface area (TPSA) is 21.4 Å². The molecule has 4 aromatic carbocycles. The number of pyridine rings is 1. The zero-order chi connectivity index (χ0) is 24.8. The molecule has 0 bridgehead atoms. The molecule has 172 valence electrons. The van der Waals surface area contributed by atoms with Gasteiger partial charge in [-0.25, -0.2) is 4.85 Å². The fraction of sp³-hybridized carbons (Fsp3) is 0.0909.